The first-order valence-electron chi connectivity index (χ1n) is 12.8. The Morgan fingerprint density at radius 3 is 2.00 bits per heavy atom. The second kappa shape index (κ2) is 11.1. The summed E-state index contributed by atoms with van der Waals surface area (Å²) in [5, 5.41) is 0. The number of halogens is 2. The van der Waals surface area contributed by atoms with E-state index < -0.39 is 11.6 Å². The minimum Gasteiger partial charge on any atom is -0.206 e. The Hall–Kier alpha value is -2.48. The highest BCUT2D eigenvalue weighted by atomic mass is 19.1. The average molecular weight is 447 g/mol. The largest absolute Gasteiger partial charge is 0.206 e. The molecule has 2 heteroatoms. The predicted molar refractivity (Wildman–Crippen MR) is 135 cm³/mol. The standard InChI is InChI=1S/C31H36F2/c1-3-5-6-9-23-14-16-24(17-15-23)26-20-29(32)31(30(33)21-26)28-11-8-7-10-27(28)25-18-12-22(4-2)13-19-25/h7-8,10-13,18-21,23-24H,3-6,9,14-17H2,1-2H3. The van der Waals surface area contributed by atoms with Crippen molar-refractivity contribution >= 4 is 0 Å². The SMILES string of the molecule is CCCCCC1CCC(c2cc(F)c(-c3ccccc3-c3ccc(CC)cc3)c(F)c2)CC1. The predicted octanol–water partition coefficient (Wildman–Crippen LogP) is 9.72. The van der Waals surface area contributed by atoms with Gasteiger partial charge in [-0.05, 0) is 83.9 Å². The van der Waals surface area contributed by atoms with Gasteiger partial charge in [0.15, 0.2) is 0 Å². The zero-order chi connectivity index (χ0) is 23.2. The van der Waals surface area contributed by atoms with E-state index in [1.807, 2.05) is 36.4 Å². The van der Waals surface area contributed by atoms with E-state index in [4.69, 9.17) is 0 Å². The van der Waals surface area contributed by atoms with Crippen LogP contribution in [0.3, 0.4) is 0 Å². The smallest absolute Gasteiger partial charge is 0.134 e. The molecule has 0 radical (unpaired) electrons. The van der Waals surface area contributed by atoms with Crippen molar-refractivity contribution in [1.29, 1.82) is 0 Å². The van der Waals surface area contributed by atoms with E-state index >= 15 is 8.78 Å². The summed E-state index contributed by atoms with van der Waals surface area (Å²) in [6.45, 7) is 4.36. The topological polar surface area (TPSA) is 0 Å². The first-order chi connectivity index (χ1) is 16.1. The van der Waals surface area contributed by atoms with Crippen LogP contribution in [-0.4, -0.2) is 0 Å². The quantitative estimate of drug-likeness (QED) is 0.302. The lowest BCUT2D eigenvalue weighted by atomic mass is 9.76. The van der Waals surface area contributed by atoms with Crippen LogP contribution in [-0.2, 0) is 6.42 Å². The summed E-state index contributed by atoms with van der Waals surface area (Å²) >= 11 is 0. The maximum atomic E-state index is 15.4. The van der Waals surface area contributed by atoms with Crippen molar-refractivity contribution in [3.8, 4) is 22.3 Å². The third kappa shape index (κ3) is 5.54. The van der Waals surface area contributed by atoms with E-state index in [9.17, 15) is 0 Å². The van der Waals surface area contributed by atoms with Crippen LogP contribution in [0.4, 0.5) is 8.78 Å². The fourth-order valence-corrected chi connectivity index (χ4v) is 5.43. The summed E-state index contributed by atoms with van der Waals surface area (Å²) in [5.74, 6) is 0.149. The molecule has 4 rings (SSSR count). The second-order valence-corrected chi connectivity index (χ2v) is 9.67. The lowest BCUT2D eigenvalue weighted by Crippen LogP contribution is -2.14. The fourth-order valence-electron chi connectivity index (χ4n) is 5.43. The second-order valence-electron chi connectivity index (χ2n) is 9.67. The summed E-state index contributed by atoms with van der Waals surface area (Å²) in [5.41, 5.74) is 4.61. The highest BCUT2D eigenvalue weighted by Crippen LogP contribution is 2.41. The maximum absolute atomic E-state index is 15.4. The Kier molecular flexibility index (Phi) is 7.96. The molecule has 0 amide bonds. The van der Waals surface area contributed by atoms with Gasteiger partial charge in [-0.15, -0.1) is 0 Å². The molecule has 0 N–H and O–H groups in total. The molecule has 0 atom stereocenters. The van der Waals surface area contributed by atoms with Crippen molar-refractivity contribution in [2.24, 2.45) is 5.92 Å². The van der Waals surface area contributed by atoms with E-state index in [-0.39, 0.29) is 11.5 Å². The van der Waals surface area contributed by atoms with Crippen LogP contribution >= 0.6 is 0 Å². The maximum Gasteiger partial charge on any atom is 0.134 e. The number of rotatable bonds is 8. The van der Waals surface area contributed by atoms with Gasteiger partial charge in [-0.25, -0.2) is 8.78 Å². The summed E-state index contributed by atoms with van der Waals surface area (Å²) in [4.78, 5) is 0. The fraction of sp³-hybridized carbons (Fsp3) is 0.419. The Morgan fingerprint density at radius 1 is 0.758 bits per heavy atom. The van der Waals surface area contributed by atoms with Crippen LogP contribution in [0, 0.1) is 17.6 Å². The van der Waals surface area contributed by atoms with E-state index in [2.05, 4.69) is 26.0 Å². The summed E-state index contributed by atoms with van der Waals surface area (Å²) in [6, 6.07) is 19.0. The average Bonchev–Trinajstić information content (AvgIpc) is 2.84. The Bertz CT molecular complexity index is 1020. The molecule has 3 aromatic rings. The van der Waals surface area contributed by atoms with Crippen molar-refractivity contribution in [2.45, 2.75) is 77.6 Å². The summed E-state index contributed by atoms with van der Waals surface area (Å²) in [7, 11) is 0. The molecule has 0 aromatic heterocycles. The van der Waals surface area contributed by atoms with Gasteiger partial charge in [-0.1, -0.05) is 88.1 Å². The highest BCUT2D eigenvalue weighted by Gasteiger charge is 2.25. The zero-order valence-electron chi connectivity index (χ0n) is 20.0. The van der Waals surface area contributed by atoms with Crippen molar-refractivity contribution in [3.63, 3.8) is 0 Å². The van der Waals surface area contributed by atoms with Gasteiger partial charge in [-0.2, -0.15) is 0 Å². The van der Waals surface area contributed by atoms with Crippen molar-refractivity contribution in [2.75, 3.05) is 0 Å². The molecule has 0 nitrogen and oxygen atoms in total. The van der Waals surface area contributed by atoms with Crippen LogP contribution in [0.2, 0.25) is 0 Å². The molecule has 1 saturated carbocycles. The van der Waals surface area contributed by atoms with Gasteiger partial charge in [0.1, 0.15) is 11.6 Å². The molecular formula is C31H36F2. The molecule has 1 aliphatic carbocycles. The zero-order valence-corrected chi connectivity index (χ0v) is 20.0. The Balaban J connectivity index is 1.57. The van der Waals surface area contributed by atoms with Gasteiger partial charge >= 0.3 is 0 Å². The molecule has 0 aliphatic heterocycles. The molecule has 0 heterocycles. The van der Waals surface area contributed by atoms with Gasteiger partial charge in [0, 0.05) is 0 Å². The number of hydrogen-bond donors (Lipinski definition) is 0. The molecule has 174 valence electrons. The van der Waals surface area contributed by atoms with Crippen LogP contribution in [0.15, 0.2) is 60.7 Å². The van der Waals surface area contributed by atoms with Gasteiger partial charge < -0.3 is 0 Å². The molecule has 1 aliphatic rings. The van der Waals surface area contributed by atoms with Crippen LogP contribution < -0.4 is 0 Å². The molecule has 0 saturated heterocycles. The first-order valence-corrected chi connectivity index (χ1v) is 12.8. The number of benzene rings is 3. The van der Waals surface area contributed by atoms with Gasteiger partial charge in [0.05, 0.1) is 5.56 Å². The third-order valence-corrected chi connectivity index (χ3v) is 7.47. The third-order valence-electron chi connectivity index (χ3n) is 7.47. The highest BCUT2D eigenvalue weighted by molar-refractivity contribution is 5.84. The first kappa shape index (κ1) is 23.7. The Morgan fingerprint density at radius 2 is 1.39 bits per heavy atom. The summed E-state index contributed by atoms with van der Waals surface area (Å²) in [6.07, 6.45) is 10.6. The van der Waals surface area contributed by atoms with E-state index in [1.165, 1.54) is 44.1 Å². The van der Waals surface area contributed by atoms with Crippen molar-refractivity contribution in [1.82, 2.24) is 0 Å². The Labute approximate surface area is 198 Å². The van der Waals surface area contributed by atoms with Gasteiger partial charge in [-0.3, -0.25) is 0 Å². The van der Waals surface area contributed by atoms with E-state index in [0.29, 0.717) is 5.56 Å². The van der Waals surface area contributed by atoms with Crippen molar-refractivity contribution in [3.05, 3.63) is 83.4 Å². The lowest BCUT2D eigenvalue weighted by Gasteiger charge is -2.29. The lowest BCUT2D eigenvalue weighted by molar-refractivity contribution is 0.302. The van der Waals surface area contributed by atoms with Gasteiger partial charge in [0.2, 0.25) is 0 Å². The normalized spacial score (nSPS) is 18.4. The molecule has 3 aromatic carbocycles. The number of unbranched alkanes of at least 4 members (excludes halogenated alkanes) is 2. The van der Waals surface area contributed by atoms with Crippen molar-refractivity contribution < 1.29 is 8.78 Å². The minimum atomic E-state index is -0.451. The number of aryl methyl sites for hydroxylation is 1. The molecule has 33 heavy (non-hydrogen) atoms. The minimum absolute atomic E-state index is 0.0853. The molecule has 0 spiro atoms. The monoisotopic (exact) mass is 446 g/mol. The number of hydrogen-bond acceptors (Lipinski definition) is 0. The summed E-state index contributed by atoms with van der Waals surface area (Å²) < 4.78 is 30.8. The van der Waals surface area contributed by atoms with Gasteiger partial charge in [0.25, 0.3) is 0 Å². The van der Waals surface area contributed by atoms with Crippen LogP contribution in [0.5, 0.6) is 0 Å². The van der Waals surface area contributed by atoms with Crippen LogP contribution in [0.25, 0.3) is 22.3 Å². The molecular weight excluding hydrogens is 410 g/mol. The van der Waals surface area contributed by atoms with E-state index in [1.54, 1.807) is 12.1 Å². The molecule has 0 bridgehead atoms. The molecule has 0 unspecified atom stereocenters. The van der Waals surface area contributed by atoms with E-state index in [0.717, 1.165) is 41.9 Å². The van der Waals surface area contributed by atoms with Crippen LogP contribution in [0.1, 0.15) is 82.3 Å². The molecule has 1 fully saturated rings.